The molecule has 0 saturated heterocycles. The van der Waals surface area contributed by atoms with Gasteiger partial charge in [-0.2, -0.15) is 17.5 Å². The van der Waals surface area contributed by atoms with Gasteiger partial charge in [0.05, 0.1) is 21.5 Å². The van der Waals surface area contributed by atoms with Crippen molar-refractivity contribution >= 4 is 43.6 Å². The van der Waals surface area contributed by atoms with E-state index in [0.717, 1.165) is 29.6 Å². The van der Waals surface area contributed by atoms with Gasteiger partial charge in [0.2, 0.25) is 0 Å². The maximum atomic E-state index is 13.3. The number of nitrogens with zero attached hydrogens (tertiary/aromatic N) is 3. The van der Waals surface area contributed by atoms with Crippen LogP contribution in [0.2, 0.25) is 0 Å². The minimum absolute atomic E-state index is 0.0486. The van der Waals surface area contributed by atoms with E-state index in [0.29, 0.717) is 42.1 Å². The van der Waals surface area contributed by atoms with Crippen LogP contribution in [0.15, 0.2) is 87.8 Å². The Morgan fingerprint density at radius 3 is 2.49 bits per heavy atom. The molecule has 45 heavy (non-hydrogen) atoms. The van der Waals surface area contributed by atoms with Crippen LogP contribution in [0.1, 0.15) is 16.8 Å². The highest BCUT2D eigenvalue weighted by Crippen LogP contribution is 2.35. The highest BCUT2D eigenvalue weighted by Gasteiger charge is 2.35. The Bertz CT molecular complexity index is 2190. The lowest BCUT2D eigenvalue weighted by Gasteiger charge is -2.14. The van der Waals surface area contributed by atoms with Crippen molar-refractivity contribution in [2.45, 2.75) is 13.1 Å². The zero-order valence-electron chi connectivity index (χ0n) is 23.5. The number of benzene rings is 3. The number of hydrogen-bond acceptors (Lipinski definition) is 8. The lowest BCUT2D eigenvalue weighted by atomic mass is 10.0. The van der Waals surface area contributed by atoms with Crippen molar-refractivity contribution in [3.05, 3.63) is 116 Å². The molecule has 1 N–H and O–H groups in total. The zero-order valence-corrected chi connectivity index (χ0v) is 25.2. The van der Waals surface area contributed by atoms with Gasteiger partial charge in [-0.05, 0) is 66.0 Å². The van der Waals surface area contributed by atoms with Gasteiger partial charge in [-0.1, -0.05) is 36.4 Å². The van der Waals surface area contributed by atoms with Gasteiger partial charge in [0.15, 0.2) is 6.61 Å². The number of hydrogen-bond donors (Lipinski definition) is 1. The first kappa shape index (κ1) is 31.4. The topological polar surface area (TPSA) is 129 Å². The van der Waals surface area contributed by atoms with Crippen molar-refractivity contribution in [1.29, 1.82) is 0 Å². The van der Waals surface area contributed by atoms with Gasteiger partial charge in [-0.25, -0.2) is 22.5 Å². The summed E-state index contributed by atoms with van der Waals surface area (Å²) in [7, 11) is -3.14. The Morgan fingerprint density at radius 1 is 1.04 bits per heavy atom. The number of aromatic nitrogens is 3. The Balaban J connectivity index is 1.39. The van der Waals surface area contributed by atoms with E-state index < -0.39 is 45.7 Å². The third-order valence-electron chi connectivity index (χ3n) is 6.65. The molecule has 0 fully saturated rings. The standard InChI is InChI=1S/C30H23F3N4O6S2/c1-18-8-10-21(43-17-26(38)35-45(41,42)13-12-19-6-4-3-5-7-19)15-22(18)28-23-14-20(9-11-24(23)44-34-28)37-27(39)16-25(30(31,32)33)36(2)29(37)40/h3-16H,17H2,1-2H3,(H,35,38). The number of ether oxygens (including phenoxy) is 1. The summed E-state index contributed by atoms with van der Waals surface area (Å²) >= 11 is 1.12. The lowest BCUT2D eigenvalue weighted by Crippen LogP contribution is -2.40. The molecule has 232 valence electrons. The van der Waals surface area contributed by atoms with Crippen LogP contribution in [-0.2, 0) is 28.0 Å². The quantitative estimate of drug-likeness (QED) is 0.258. The second kappa shape index (κ2) is 12.2. The maximum absolute atomic E-state index is 13.3. The first-order valence-corrected chi connectivity index (χ1v) is 15.4. The van der Waals surface area contributed by atoms with Gasteiger partial charge < -0.3 is 4.74 Å². The second-order valence-electron chi connectivity index (χ2n) is 9.80. The fraction of sp³-hybridized carbons (Fsp3) is 0.133. The second-order valence-corrected chi connectivity index (χ2v) is 12.2. The highest BCUT2D eigenvalue weighted by molar-refractivity contribution is 7.93. The zero-order chi connectivity index (χ0) is 32.5. The molecule has 0 atom stereocenters. The first-order valence-electron chi connectivity index (χ1n) is 13.1. The first-order chi connectivity index (χ1) is 21.2. The van der Waals surface area contributed by atoms with Crippen molar-refractivity contribution in [1.82, 2.24) is 18.2 Å². The molecule has 2 heterocycles. The molecule has 0 bridgehead atoms. The minimum Gasteiger partial charge on any atom is -0.484 e. The SMILES string of the molecule is Cc1ccc(OCC(=O)NS(=O)(=O)C=Cc2ccccc2)cc1-c1nsc2ccc(-n3c(=O)cc(C(F)(F)F)n(C)c3=O)cc12. The van der Waals surface area contributed by atoms with Crippen molar-refractivity contribution in [3.8, 4) is 22.7 Å². The average Bonchev–Trinajstić information content (AvgIpc) is 3.40. The van der Waals surface area contributed by atoms with Gasteiger partial charge >= 0.3 is 11.9 Å². The van der Waals surface area contributed by atoms with Crippen molar-refractivity contribution in [2.24, 2.45) is 7.05 Å². The third kappa shape index (κ3) is 6.89. The molecule has 0 unspecified atom stereocenters. The Hall–Kier alpha value is -5.02. The number of aryl methyl sites for hydroxylation is 1. The van der Waals surface area contributed by atoms with Crippen LogP contribution in [0.4, 0.5) is 13.2 Å². The summed E-state index contributed by atoms with van der Waals surface area (Å²) in [5.41, 5.74) is -1.23. The van der Waals surface area contributed by atoms with E-state index in [1.165, 1.54) is 18.2 Å². The fourth-order valence-electron chi connectivity index (χ4n) is 4.44. The molecule has 0 aliphatic carbocycles. The number of carbonyl (C=O) groups excluding carboxylic acids is 1. The van der Waals surface area contributed by atoms with Crippen LogP contribution in [0.25, 0.3) is 33.1 Å². The van der Waals surface area contributed by atoms with E-state index in [1.54, 1.807) is 61.5 Å². The lowest BCUT2D eigenvalue weighted by molar-refractivity contribution is -0.144. The van der Waals surface area contributed by atoms with Crippen LogP contribution in [0.3, 0.4) is 0 Å². The van der Waals surface area contributed by atoms with E-state index in [2.05, 4.69) is 4.37 Å². The summed E-state index contributed by atoms with van der Waals surface area (Å²) in [5.74, 6) is -0.671. The molecular formula is C30H23F3N4O6S2. The van der Waals surface area contributed by atoms with E-state index in [9.17, 15) is 36.0 Å². The number of amides is 1. The Morgan fingerprint density at radius 2 is 1.78 bits per heavy atom. The van der Waals surface area contributed by atoms with Gasteiger partial charge in [0.1, 0.15) is 11.4 Å². The van der Waals surface area contributed by atoms with E-state index in [-0.39, 0.29) is 11.4 Å². The normalized spacial score (nSPS) is 12.1. The third-order valence-corrected chi connectivity index (χ3v) is 8.48. The highest BCUT2D eigenvalue weighted by atomic mass is 32.2. The van der Waals surface area contributed by atoms with Crippen molar-refractivity contribution in [3.63, 3.8) is 0 Å². The number of fused-ring (bicyclic) bond motifs is 1. The predicted octanol–water partition coefficient (Wildman–Crippen LogP) is 4.64. The summed E-state index contributed by atoms with van der Waals surface area (Å²) in [6.45, 7) is 1.19. The fourth-order valence-corrected chi connectivity index (χ4v) is 5.99. The van der Waals surface area contributed by atoms with Crippen LogP contribution in [0.5, 0.6) is 5.75 Å². The molecule has 0 saturated carbocycles. The van der Waals surface area contributed by atoms with Gasteiger partial charge in [0.25, 0.3) is 21.5 Å². The largest absolute Gasteiger partial charge is 0.484 e. The van der Waals surface area contributed by atoms with Crippen molar-refractivity contribution in [2.75, 3.05) is 6.61 Å². The monoisotopic (exact) mass is 656 g/mol. The summed E-state index contributed by atoms with van der Waals surface area (Å²) in [6, 6.07) is 18.4. The Kier molecular flexibility index (Phi) is 8.49. The molecule has 15 heteroatoms. The number of nitrogens with one attached hydrogen (secondary N) is 1. The molecule has 2 aromatic heterocycles. The molecule has 0 aliphatic heterocycles. The maximum Gasteiger partial charge on any atom is 0.431 e. The number of sulfonamides is 1. The Labute approximate surface area is 257 Å². The smallest absolute Gasteiger partial charge is 0.431 e. The molecule has 3 aromatic carbocycles. The molecule has 10 nitrogen and oxygen atoms in total. The average molecular weight is 657 g/mol. The van der Waals surface area contributed by atoms with Crippen LogP contribution >= 0.6 is 11.5 Å². The number of alkyl halides is 3. The van der Waals surface area contributed by atoms with Crippen LogP contribution in [0, 0.1) is 6.92 Å². The predicted molar refractivity (Wildman–Crippen MR) is 164 cm³/mol. The molecule has 0 radical (unpaired) electrons. The van der Waals surface area contributed by atoms with Crippen LogP contribution < -0.4 is 20.7 Å². The number of halogens is 3. The number of carbonyl (C=O) groups is 1. The van der Waals surface area contributed by atoms with Crippen LogP contribution in [-0.4, -0.2) is 34.4 Å². The van der Waals surface area contributed by atoms with Gasteiger partial charge in [-0.3, -0.25) is 14.2 Å². The van der Waals surface area contributed by atoms with E-state index in [4.69, 9.17) is 4.74 Å². The molecule has 0 aliphatic rings. The van der Waals surface area contributed by atoms with Gasteiger partial charge in [-0.15, -0.1) is 0 Å². The molecule has 5 rings (SSSR count). The summed E-state index contributed by atoms with van der Waals surface area (Å²) in [6.07, 6.45) is -3.54. The molecule has 0 spiro atoms. The summed E-state index contributed by atoms with van der Waals surface area (Å²) in [5, 5.41) is 1.39. The van der Waals surface area contributed by atoms with E-state index >= 15 is 0 Å². The summed E-state index contributed by atoms with van der Waals surface area (Å²) < 4.78 is 78.1. The molecule has 5 aromatic rings. The number of rotatable bonds is 8. The molecular weight excluding hydrogens is 633 g/mol. The van der Waals surface area contributed by atoms with Crippen molar-refractivity contribution < 1.29 is 31.1 Å². The van der Waals surface area contributed by atoms with E-state index in [1.807, 2.05) is 4.72 Å². The van der Waals surface area contributed by atoms with Gasteiger partial charge in [0, 0.05) is 24.1 Å². The minimum atomic E-state index is -4.89. The summed E-state index contributed by atoms with van der Waals surface area (Å²) in [4.78, 5) is 37.8. The molecule has 1 amide bonds.